The number of likely N-dealkylation sites (tertiary alicyclic amines) is 2. The van der Waals surface area contributed by atoms with Crippen molar-refractivity contribution in [1.82, 2.24) is 20.4 Å². The van der Waals surface area contributed by atoms with Crippen LogP contribution in [0.25, 0.3) is 0 Å². The molecule has 1 atom stereocenters. The summed E-state index contributed by atoms with van der Waals surface area (Å²) in [6.07, 6.45) is 6.60. The van der Waals surface area contributed by atoms with Crippen molar-refractivity contribution in [3.8, 4) is 0 Å². The monoisotopic (exact) mass is 308 g/mol. The number of urea groups is 1. The fourth-order valence-electron chi connectivity index (χ4n) is 3.96. The minimum atomic E-state index is -0.0246. The zero-order valence-corrected chi connectivity index (χ0v) is 13.5. The molecule has 3 aliphatic rings. The summed E-state index contributed by atoms with van der Waals surface area (Å²) in [7, 11) is 0. The average molecular weight is 308 g/mol. The van der Waals surface area contributed by atoms with Gasteiger partial charge < -0.3 is 20.4 Å². The summed E-state index contributed by atoms with van der Waals surface area (Å²) in [5.74, 6) is 0.853. The van der Waals surface area contributed by atoms with Crippen LogP contribution >= 0.6 is 0 Å². The normalized spacial score (nSPS) is 27.0. The Morgan fingerprint density at radius 3 is 2.41 bits per heavy atom. The summed E-state index contributed by atoms with van der Waals surface area (Å²) in [5, 5.41) is 5.98. The molecule has 0 aromatic heterocycles. The Labute approximate surface area is 132 Å². The molecule has 2 aliphatic heterocycles. The Hall–Kier alpha value is -1.30. The number of rotatable bonds is 4. The highest BCUT2D eigenvalue weighted by Crippen LogP contribution is 2.26. The van der Waals surface area contributed by atoms with Crippen LogP contribution in [0, 0.1) is 5.92 Å². The van der Waals surface area contributed by atoms with E-state index in [1.165, 1.54) is 39.2 Å². The van der Waals surface area contributed by atoms with E-state index in [4.69, 9.17) is 0 Å². The molecule has 3 fully saturated rings. The number of carbonyl (C=O) groups excluding carboxylic acids is 2. The molecule has 1 saturated carbocycles. The highest BCUT2D eigenvalue weighted by molar-refractivity contribution is 5.77. The second-order valence-corrected chi connectivity index (χ2v) is 7.15. The van der Waals surface area contributed by atoms with E-state index in [0.29, 0.717) is 13.1 Å². The molecule has 2 N–H and O–H groups in total. The van der Waals surface area contributed by atoms with Gasteiger partial charge >= 0.3 is 6.03 Å². The van der Waals surface area contributed by atoms with Crippen LogP contribution in [0.3, 0.4) is 0 Å². The molecular weight excluding hydrogens is 280 g/mol. The van der Waals surface area contributed by atoms with Crippen LogP contribution in [0.4, 0.5) is 4.79 Å². The third-order valence-corrected chi connectivity index (χ3v) is 5.17. The lowest BCUT2D eigenvalue weighted by molar-refractivity contribution is -0.120. The minimum Gasteiger partial charge on any atom is -0.350 e. The van der Waals surface area contributed by atoms with Gasteiger partial charge in [-0.15, -0.1) is 0 Å². The van der Waals surface area contributed by atoms with Crippen molar-refractivity contribution in [3.05, 3.63) is 0 Å². The van der Waals surface area contributed by atoms with Crippen molar-refractivity contribution < 1.29 is 9.59 Å². The van der Waals surface area contributed by atoms with Gasteiger partial charge in [0.1, 0.15) is 0 Å². The van der Waals surface area contributed by atoms with Crippen molar-refractivity contribution in [1.29, 1.82) is 0 Å². The van der Waals surface area contributed by atoms with Gasteiger partial charge in [0, 0.05) is 45.7 Å². The Morgan fingerprint density at radius 2 is 1.73 bits per heavy atom. The van der Waals surface area contributed by atoms with E-state index >= 15 is 0 Å². The average Bonchev–Trinajstić information content (AvgIpc) is 3.05. The molecule has 2 heterocycles. The lowest BCUT2D eigenvalue weighted by atomic mass is 10.1. The molecular formula is C16H28N4O2. The van der Waals surface area contributed by atoms with E-state index in [0.717, 1.165) is 25.4 Å². The van der Waals surface area contributed by atoms with Gasteiger partial charge in [0.05, 0.1) is 6.04 Å². The number of amides is 3. The van der Waals surface area contributed by atoms with Gasteiger partial charge in [0.15, 0.2) is 0 Å². The molecule has 0 radical (unpaired) electrons. The highest BCUT2D eigenvalue weighted by Gasteiger charge is 2.33. The minimum absolute atomic E-state index is 0.0225. The quantitative estimate of drug-likeness (QED) is 0.807. The second kappa shape index (κ2) is 6.86. The fraction of sp³-hybridized carbons (Fsp3) is 0.875. The standard InChI is InChI=1S/C16H28N4O2/c1-12(21)17-15-10-20(11-15)16(22)18-14-6-7-19(9-14)8-13-4-2-3-5-13/h13-15H,2-11H2,1H3,(H,17,21)(H,18,22). The predicted octanol–water partition coefficient (Wildman–Crippen LogP) is 0.781. The summed E-state index contributed by atoms with van der Waals surface area (Å²) in [6, 6.07) is 0.439. The van der Waals surface area contributed by atoms with Gasteiger partial charge in [-0.2, -0.15) is 0 Å². The van der Waals surface area contributed by atoms with Gasteiger partial charge in [0.2, 0.25) is 5.91 Å². The molecule has 6 heteroatoms. The van der Waals surface area contributed by atoms with E-state index in [2.05, 4.69) is 15.5 Å². The molecule has 0 aromatic carbocycles. The molecule has 3 rings (SSSR count). The van der Waals surface area contributed by atoms with Crippen molar-refractivity contribution in [3.63, 3.8) is 0 Å². The topological polar surface area (TPSA) is 64.7 Å². The second-order valence-electron chi connectivity index (χ2n) is 7.15. The van der Waals surface area contributed by atoms with E-state index in [9.17, 15) is 9.59 Å². The number of carbonyl (C=O) groups is 2. The van der Waals surface area contributed by atoms with Crippen LogP contribution < -0.4 is 10.6 Å². The number of hydrogen-bond acceptors (Lipinski definition) is 3. The Morgan fingerprint density at radius 1 is 1.00 bits per heavy atom. The van der Waals surface area contributed by atoms with Gasteiger partial charge in [-0.3, -0.25) is 4.79 Å². The first kappa shape index (κ1) is 15.6. The van der Waals surface area contributed by atoms with Gasteiger partial charge in [-0.1, -0.05) is 12.8 Å². The van der Waals surface area contributed by atoms with Gasteiger partial charge in [-0.05, 0) is 25.2 Å². The van der Waals surface area contributed by atoms with Crippen molar-refractivity contribution in [2.24, 2.45) is 5.92 Å². The molecule has 22 heavy (non-hydrogen) atoms. The number of hydrogen-bond donors (Lipinski definition) is 2. The number of nitrogens with zero attached hydrogens (tertiary/aromatic N) is 2. The SMILES string of the molecule is CC(=O)NC1CN(C(=O)NC2CCN(CC3CCCC3)C2)C1. The molecule has 3 amide bonds. The molecule has 124 valence electrons. The maximum Gasteiger partial charge on any atom is 0.317 e. The van der Waals surface area contributed by atoms with Crippen LogP contribution in [-0.2, 0) is 4.79 Å². The molecule has 6 nitrogen and oxygen atoms in total. The summed E-state index contributed by atoms with van der Waals surface area (Å²) >= 11 is 0. The largest absolute Gasteiger partial charge is 0.350 e. The fourth-order valence-corrected chi connectivity index (χ4v) is 3.96. The zero-order chi connectivity index (χ0) is 15.5. The molecule has 0 spiro atoms. The zero-order valence-electron chi connectivity index (χ0n) is 13.5. The van der Waals surface area contributed by atoms with Crippen LogP contribution in [0.5, 0.6) is 0 Å². The lowest BCUT2D eigenvalue weighted by Gasteiger charge is -2.39. The first-order chi connectivity index (χ1) is 10.6. The first-order valence-corrected chi connectivity index (χ1v) is 8.65. The first-order valence-electron chi connectivity index (χ1n) is 8.65. The van der Waals surface area contributed by atoms with E-state index in [1.54, 1.807) is 4.90 Å². The van der Waals surface area contributed by atoms with Gasteiger partial charge in [0.25, 0.3) is 0 Å². The summed E-state index contributed by atoms with van der Waals surface area (Å²) < 4.78 is 0. The molecule has 0 bridgehead atoms. The third kappa shape index (κ3) is 3.91. The van der Waals surface area contributed by atoms with E-state index < -0.39 is 0 Å². The van der Waals surface area contributed by atoms with Crippen LogP contribution in [0.1, 0.15) is 39.0 Å². The van der Waals surface area contributed by atoms with Crippen molar-refractivity contribution >= 4 is 11.9 Å². The Balaban J connectivity index is 1.34. The molecule has 1 unspecified atom stereocenters. The third-order valence-electron chi connectivity index (χ3n) is 5.17. The van der Waals surface area contributed by atoms with Gasteiger partial charge in [-0.25, -0.2) is 4.79 Å². The lowest BCUT2D eigenvalue weighted by Crippen LogP contribution is -2.63. The summed E-state index contributed by atoms with van der Waals surface area (Å²) in [4.78, 5) is 27.4. The summed E-state index contributed by atoms with van der Waals surface area (Å²) in [5.41, 5.74) is 0. The van der Waals surface area contributed by atoms with Crippen LogP contribution in [0.15, 0.2) is 0 Å². The summed E-state index contributed by atoms with van der Waals surface area (Å²) in [6.45, 7) is 6.08. The van der Waals surface area contributed by atoms with Crippen LogP contribution in [-0.4, -0.2) is 66.5 Å². The van der Waals surface area contributed by atoms with Crippen molar-refractivity contribution in [2.45, 2.75) is 51.1 Å². The molecule has 1 aliphatic carbocycles. The maximum atomic E-state index is 12.1. The Bertz CT molecular complexity index is 416. The smallest absolute Gasteiger partial charge is 0.317 e. The highest BCUT2D eigenvalue weighted by atomic mass is 16.2. The molecule has 0 aromatic rings. The van der Waals surface area contributed by atoms with Crippen molar-refractivity contribution in [2.75, 3.05) is 32.7 Å². The van der Waals surface area contributed by atoms with Crippen LogP contribution in [0.2, 0.25) is 0 Å². The predicted molar refractivity (Wildman–Crippen MR) is 84.5 cm³/mol. The number of nitrogens with one attached hydrogen (secondary N) is 2. The Kier molecular flexibility index (Phi) is 4.86. The maximum absolute atomic E-state index is 12.1. The van der Waals surface area contributed by atoms with E-state index in [-0.39, 0.29) is 24.0 Å². The molecule has 2 saturated heterocycles. The van der Waals surface area contributed by atoms with E-state index in [1.807, 2.05) is 0 Å².